The number of phenols is 1. The predicted octanol–water partition coefficient (Wildman–Crippen LogP) is 5.01. The number of aromatic hydroxyl groups is 1. The highest BCUT2D eigenvalue weighted by atomic mass is 16.3. The molecular formula is C42H65N5O8. The highest BCUT2D eigenvalue weighted by Gasteiger charge is 2.70. The summed E-state index contributed by atoms with van der Waals surface area (Å²) in [4.78, 5) is 59.2. The summed E-state index contributed by atoms with van der Waals surface area (Å²) in [5.74, 6) is -12.3. The second-order valence-electron chi connectivity index (χ2n) is 17.3. The molecule has 3 aliphatic rings. The molecule has 0 radical (unpaired) electrons. The molecule has 13 nitrogen and oxygen atoms in total. The minimum Gasteiger partial charge on any atom is -0.508 e. The van der Waals surface area contributed by atoms with Crippen LogP contribution in [0.5, 0.6) is 5.75 Å². The van der Waals surface area contributed by atoms with Crippen molar-refractivity contribution in [1.82, 2.24) is 10.2 Å². The van der Waals surface area contributed by atoms with E-state index in [1.54, 1.807) is 6.92 Å². The van der Waals surface area contributed by atoms with E-state index >= 15 is 4.79 Å². The molecule has 3 aliphatic carbocycles. The fourth-order valence-electron chi connectivity index (χ4n) is 8.42. The average molecular weight is 772 g/mol. The Labute approximate surface area is 332 Å². The largest absolute Gasteiger partial charge is 0.508 e. The molecule has 0 aliphatic heterocycles. The van der Waals surface area contributed by atoms with Crippen LogP contribution in [0.1, 0.15) is 119 Å². The van der Waals surface area contributed by atoms with E-state index in [4.69, 9.17) is 5.73 Å². The van der Waals surface area contributed by atoms with E-state index in [9.17, 15) is 40.3 Å². The van der Waals surface area contributed by atoms with Gasteiger partial charge in [0.1, 0.15) is 17.1 Å². The van der Waals surface area contributed by atoms with Crippen molar-refractivity contribution >= 4 is 40.5 Å². The van der Waals surface area contributed by atoms with Gasteiger partial charge in [-0.25, -0.2) is 0 Å². The van der Waals surface area contributed by atoms with Crippen LogP contribution >= 0.6 is 0 Å². The molecule has 306 valence electrons. The Morgan fingerprint density at radius 3 is 2.04 bits per heavy atom. The summed E-state index contributed by atoms with van der Waals surface area (Å²) in [6.45, 7) is 24.9. The van der Waals surface area contributed by atoms with E-state index in [0.29, 0.717) is 17.8 Å². The number of carbonyl (C=O) groups is 4. The second-order valence-corrected chi connectivity index (χ2v) is 17.3. The zero-order valence-corrected chi connectivity index (χ0v) is 35.1. The number of phenolic OH excluding ortho intramolecular Hbond substituents is 1. The third kappa shape index (κ3) is 6.25. The first-order valence-electron chi connectivity index (χ1n) is 21.1. The number of primary amides is 1. The fraction of sp³-hybridized carbons (Fsp3) is 0.667. The van der Waals surface area contributed by atoms with Crippen LogP contribution in [0.25, 0.3) is 5.76 Å². The molecule has 0 aromatic heterocycles. The summed E-state index contributed by atoms with van der Waals surface area (Å²) in [5.41, 5.74) is -4.98. The highest BCUT2D eigenvalue weighted by molar-refractivity contribution is 6.25. The van der Waals surface area contributed by atoms with Crippen molar-refractivity contribution in [3.63, 3.8) is 0 Å². The Kier molecular flexibility index (Phi) is 10.0. The van der Waals surface area contributed by atoms with E-state index in [-0.39, 0.29) is 41.2 Å². The summed E-state index contributed by atoms with van der Waals surface area (Å²) in [6.07, 6.45) is -3.45. The molecule has 8 N–H and O–H groups in total. The number of nitrogens with zero attached hydrogens (tertiary/aromatic N) is 2. The molecule has 2 amide bonds. The van der Waals surface area contributed by atoms with E-state index < -0.39 is 98.1 Å². The number of nitrogens with two attached hydrogens (primary N) is 1. The third-order valence-corrected chi connectivity index (χ3v) is 13.0. The number of fused-ring (bicyclic) bond motifs is 3. The van der Waals surface area contributed by atoms with Crippen molar-refractivity contribution in [2.24, 2.45) is 28.9 Å². The Morgan fingerprint density at radius 2 is 1.58 bits per heavy atom. The van der Waals surface area contributed by atoms with Crippen molar-refractivity contribution in [3.05, 3.63) is 33.6 Å². The number of aliphatic hydroxyl groups excluding tert-OH is 2. The summed E-state index contributed by atoms with van der Waals surface area (Å²) >= 11 is 0. The van der Waals surface area contributed by atoms with Gasteiger partial charge in [-0.3, -0.25) is 24.1 Å². The SMILES string of the molecule is [2H]C1([2H])[C@@]2(C)C(=C(O)c3c(O)c(NC(=O)CNC(C)(C(C)C)C(C)C)c(C)c(N(CC)C(C)C)c3C2(C)C)C(=O)[C@]2(O)C(O)=C(C(N)=O)C(=O)[C@@]([2H])(N(C)C(C)C)[C@]12[2H]. The van der Waals surface area contributed by atoms with E-state index in [1.165, 1.54) is 41.7 Å². The van der Waals surface area contributed by atoms with Gasteiger partial charge in [-0.05, 0) is 79.3 Å². The number of anilines is 2. The lowest BCUT2D eigenvalue weighted by molar-refractivity contribution is -0.160. The normalized spacial score (nSPS) is 29.9. The molecule has 1 aromatic rings. The van der Waals surface area contributed by atoms with Crippen molar-refractivity contribution in [2.75, 3.05) is 30.4 Å². The summed E-state index contributed by atoms with van der Waals surface area (Å²) in [7, 11) is 1.19. The molecule has 1 fully saturated rings. The molecule has 0 unspecified atom stereocenters. The maximum absolute atomic E-state index is 15.3. The quantitative estimate of drug-likeness (QED) is 0.111. The Bertz CT molecular complexity index is 2060. The summed E-state index contributed by atoms with van der Waals surface area (Å²) in [5, 5.41) is 55.4. The number of aliphatic hydroxyl groups is 3. The van der Waals surface area contributed by atoms with Crippen molar-refractivity contribution in [1.29, 1.82) is 0 Å². The Balaban J connectivity index is 2.24. The standard InChI is InChI=1S/C42H65N5O8/c1-16-47(22(8)9)31-23(10)30(45-25(48)18-44-41(14,19(2)3)20(4)5)34(50)26-28(31)39(11,12)40(13)17-24-32(46(15)21(6)7)35(51)27(38(43)54)36(52)42(24,55)37(53)29(40)33(26)49/h19-22,24,32,44,49-50,52,55H,16-18H2,1-15H3,(H2,43,54)(H,45,48)/t24-,32-,40-,42+/m0/s1/i17D2,24D,32D. The maximum atomic E-state index is 15.3. The van der Waals surface area contributed by atoms with Crippen LogP contribution in [0.3, 0.4) is 0 Å². The monoisotopic (exact) mass is 772 g/mol. The van der Waals surface area contributed by atoms with Gasteiger partial charge in [0.05, 0.1) is 25.2 Å². The van der Waals surface area contributed by atoms with Crippen LogP contribution in [0.15, 0.2) is 16.9 Å². The number of rotatable bonds is 12. The van der Waals surface area contributed by atoms with E-state index in [1.807, 2.05) is 60.3 Å². The third-order valence-electron chi connectivity index (χ3n) is 13.0. The number of Topliss-reactive ketones (excluding diaryl/α,β-unsaturated/α-hetero) is 2. The molecule has 4 atom stereocenters. The Hall–Kier alpha value is -3.94. The molecule has 55 heavy (non-hydrogen) atoms. The number of hydrogen-bond donors (Lipinski definition) is 7. The molecule has 0 bridgehead atoms. The van der Waals surface area contributed by atoms with Crippen LogP contribution in [-0.4, -0.2) is 98.1 Å². The Morgan fingerprint density at radius 1 is 1.04 bits per heavy atom. The molecule has 1 saturated carbocycles. The average Bonchev–Trinajstić information content (AvgIpc) is 3.12. The van der Waals surface area contributed by atoms with Gasteiger partial charge in [-0.15, -0.1) is 0 Å². The van der Waals surface area contributed by atoms with Gasteiger partial charge in [0.2, 0.25) is 11.7 Å². The van der Waals surface area contributed by atoms with Gasteiger partial charge >= 0.3 is 0 Å². The minimum atomic E-state index is -3.88. The van der Waals surface area contributed by atoms with Gasteiger partial charge in [-0.1, -0.05) is 48.5 Å². The summed E-state index contributed by atoms with van der Waals surface area (Å²) in [6, 6.07) is -4.41. The first kappa shape index (κ1) is 38.0. The first-order valence-corrected chi connectivity index (χ1v) is 19.1. The summed E-state index contributed by atoms with van der Waals surface area (Å²) < 4.78 is 39.9. The number of amides is 2. The lowest BCUT2D eigenvalue weighted by Gasteiger charge is -2.60. The molecule has 4 rings (SSSR count). The zero-order valence-electron chi connectivity index (χ0n) is 39.1. The van der Waals surface area contributed by atoms with Gasteiger partial charge in [0.25, 0.3) is 5.91 Å². The van der Waals surface area contributed by atoms with Crippen LogP contribution in [0.4, 0.5) is 11.4 Å². The molecule has 13 heteroatoms. The van der Waals surface area contributed by atoms with Crippen LogP contribution in [-0.2, 0) is 24.6 Å². The molecule has 0 saturated heterocycles. The number of ketones is 2. The fourth-order valence-corrected chi connectivity index (χ4v) is 8.42. The van der Waals surface area contributed by atoms with E-state index in [2.05, 4.69) is 10.6 Å². The number of carbonyl (C=O) groups excluding carboxylic acids is 4. The van der Waals surface area contributed by atoms with E-state index in [0.717, 1.165) is 4.90 Å². The molecule has 0 heterocycles. The second kappa shape index (κ2) is 14.5. The van der Waals surface area contributed by atoms with Crippen molar-refractivity contribution in [2.45, 2.75) is 138 Å². The van der Waals surface area contributed by atoms with Gasteiger partial charge in [-0.2, -0.15) is 0 Å². The van der Waals surface area contributed by atoms with Gasteiger partial charge < -0.3 is 41.7 Å². The number of nitrogens with one attached hydrogen (secondary N) is 2. The lowest BCUT2D eigenvalue weighted by Crippen LogP contribution is -2.69. The van der Waals surface area contributed by atoms with Crippen molar-refractivity contribution in [3.8, 4) is 5.75 Å². The first-order chi connectivity index (χ1) is 26.6. The van der Waals surface area contributed by atoms with Crippen LogP contribution < -0.4 is 21.3 Å². The molecule has 1 aromatic carbocycles. The van der Waals surface area contributed by atoms with Gasteiger partial charge in [0.15, 0.2) is 17.1 Å². The lowest BCUT2D eigenvalue weighted by atomic mass is 9.45. The zero-order chi connectivity index (χ0) is 45.9. The van der Waals surface area contributed by atoms with Crippen LogP contribution in [0.2, 0.25) is 0 Å². The smallest absolute Gasteiger partial charge is 0.255 e. The highest BCUT2D eigenvalue weighted by Crippen LogP contribution is 2.66. The van der Waals surface area contributed by atoms with Gasteiger partial charge in [0, 0.05) is 61.8 Å². The minimum absolute atomic E-state index is 0.113. The number of benzene rings is 1. The molecular weight excluding hydrogens is 702 g/mol. The molecule has 0 spiro atoms. The number of likely N-dealkylation sites (N-methyl/N-ethyl adjacent to an activating group) is 1. The van der Waals surface area contributed by atoms with Crippen LogP contribution in [0, 0.1) is 30.1 Å². The number of hydrogen-bond acceptors (Lipinski definition) is 11. The topological polar surface area (TPSA) is 206 Å². The van der Waals surface area contributed by atoms with Crippen molar-refractivity contribution < 1.29 is 45.1 Å². The maximum Gasteiger partial charge on any atom is 0.255 e. The predicted molar refractivity (Wildman–Crippen MR) is 215 cm³/mol.